The number of unbranched alkanes of at least 4 members (excludes halogenated alkanes) is 3. The second-order valence-electron chi connectivity index (χ2n) is 5.74. The fourth-order valence-electron chi connectivity index (χ4n) is 2.63. The smallest absolute Gasteiger partial charge is 0.336 e. The first-order chi connectivity index (χ1) is 12.3. The van der Waals surface area contributed by atoms with Gasteiger partial charge in [-0.2, -0.15) is 0 Å². The highest BCUT2D eigenvalue weighted by atomic mass is 16.7. The molecule has 1 aromatic heterocycles. The normalized spacial score (nSPS) is 13.2. The van der Waals surface area contributed by atoms with E-state index in [9.17, 15) is 4.79 Å². The first-order valence-electron chi connectivity index (χ1n) is 8.51. The summed E-state index contributed by atoms with van der Waals surface area (Å²) in [6, 6.07) is 3.64. The molecule has 0 unspecified atom stereocenters. The van der Waals surface area contributed by atoms with Crippen LogP contribution in [-0.4, -0.2) is 17.7 Å². The summed E-state index contributed by atoms with van der Waals surface area (Å²) in [4.78, 5) is 16.1. The molecule has 0 fully saturated rings. The third-order valence-corrected chi connectivity index (χ3v) is 3.90. The zero-order valence-electron chi connectivity index (χ0n) is 14.2. The molecule has 5 nitrogen and oxygen atoms in total. The van der Waals surface area contributed by atoms with Crippen LogP contribution in [0.1, 0.15) is 32.6 Å². The van der Waals surface area contributed by atoms with E-state index in [1.807, 2.05) is 12.1 Å². The highest BCUT2D eigenvalue weighted by Crippen LogP contribution is 2.41. The lowest BCUT2D eigenvalue weighted by Gasteiger charge is -2.07. The van der Waals surface area contributed by atoms with Gasteiger partial charge in [0.2, 0.25) is 6.79 Å². The second kappa shape index (κ2) is 8.33. The van der Waals surface area contributed by atoms with Crippen molar-refractivity contribution in [2.24, 2.45) is 0 Å². The molecular weight excluding hydrogens is 318 g/mol. The van der Waals surface area contributed by atoms with Gasteiger partial charge in [0.15, 0.2) is 17.2 Å². The van der Waals surface area contributed by atoms with Crippen LogP contribution in [0.5, 0.6) is 17.2 Å². The molecule has 0 atom stereocenters. The summed E-state index contributed by atoms with van der Waals surface area (Å²) in [6.07, 6.45) is 14.8. The van der Waals surface area contributed by atoms with Gasteiger partial charge < -0.3 is 14.2 Å². The van der Waals surface area contributed by atoms with Gasteiger partial charge in [0.05, 0.1) is 6.20 Å². The quantitative estimate of drug-likeness (QED) is 0.320. The Morgan fingerprint density at radius 1 is 1.20 bits per heavy atom. The number of aromatic nitrogens is 1. The minimum atomic E-state index is -0.440. The average Bonchev–Trinajstić information content (AvgIpc) is 3.10. The van der Waals surface area contributed by atoms with Gasteiger partial charge in [-0.15, -0.1) is 0 Å². The number of hydrogen-bond acceptors (Lipinski definition) is 5. The van der Waals surface area contributed by atoms with Gasteiger partial charge in [0.25, 0.3) is 0 Å². The van der Waals surface area contributed by atoms with Crippen molar-refractivity contribution in [3.05, 3.63) is 48.8 Å². The third kappa shape index (κ3) is 4.18. The number of allylic oxidation sites excluding steroid dienone is 3. The van der Waals surface area contributed by atoms with Crippen LogP contribution in [0.2, 0.25) is 0 Å². The van der Waals surface area contributed by atoms with Gasteiger partial charge in [-0.25, -0.2) is 4.79 Å². The van der Waals surface area contributed by atoms with Crippen molar-refractivity contribution < 1.29 is 19.0 Å². The Balaban J connectivity index is 1.66. The Kier molecular flexibility index (Phi) is 5.67. The molecule has 25 heavy (non-hydrogen) atoms. The van der Waals surface area contributed by atoms with E-state index in [0.717, 1.165) is 17.2 Å². The minimum Gasteiger partial charge on any atom is -0.454 e. The van der Waals surface area contributed by atoms with Crippen LogP contribution >= 0.6 is 0 Å². The zero-order chi connectivity index (χ0) is 17.5. The van der Waals surface area contributed by atoms with Gasteiger partial charge in [-0.3, -0.25) is 4.98 Å². The number of ether oxygens (including phenoxy) is 3. The Morgan fingerprint density at radius 2 is 2.12 bits per heavy atom. The van der Waals surface area contributed by atoms with Crippen molar-refractivity contribution in [3.63, 3.8) is 0 Å². The number of nitrogens with zero attached hydrogens (tertiary/aromatic N) is 1. The highest BCUT2D eigenvalue weighted by molar-refractivity contribution is 5.96. The predicted octanol–water partition coefficient (Wildman–Crippen LogP) is 4.56. The molecule has 1 aliphatic rings. The number of rotatable bonds is 7. The van der Waals surface area contributed by atoms with E-state index in [4.69, 9.17) is 14.2 Å². The number of pyridine rings is 1. The molecule has 2 heterocycles. The highest BCUT2D eigenvalue weighted by Gasteiger charge is 2.19. The molecule has 5 heteroatoms. The van der Waals surface area contributed by atoms with Gasteiger partial charge in [-0.1, -0.05) is 38.0 Å². The van der Waals surface area contributed by atoms with Crippen LogP contribution in [0.4, 0.5) is 0 Å². The maximum atomic E-state index is 12.0. The molecular formula is C20H21NO4. The van der Waals surface area contributed by atoms with Crippen molar-refractivity contribution in [3.8, 4) is 17.2 Å². The third-order valence-electron chi connectivity index (χ3n) is 3.90. The van der Waals surface area contributed by atoms with E-state index < -0.39 is 5.97 Å². The van der Waals surface area contributed by atoms with Gasteiger partial charge >= 0.3 is 5.97 Å². The summed E-state index contributed by atoms with van der Waals surface area (Å²) < 4.78 is 16.2. The van der Waals surface area contributed by atoms with Crippen LogP contribution in [0.25, 0.3) is 10.8 Å². The van der Waals surface area contributed by atoms with Crippen molar-refractivity contribution in [2.75, 3.05) is 6.79 Å². The molecule has 0 aliphatic carbocycles. The monoisotopic (exact) mass is 339 g/mol. The van der Waals surface area contributed by atoms with E-state index >= 15 is 0 Å². The number of fused-ring (bicyclic) bond motifs is 3. The Labute approximate surface area is 146 Å². The van der Waals surface area contributed by atoms with Crippen LogP contribution in [0.3, 0.4) is 0 Å². The summed E-state index contributed by atoms with van der Waals surface area (Å²) in [5.74, 6) is 1.27. The molecule has 3 rings (SSSR count). The molecule has 0 radical (unpaired) electrons. The summed E-state index contributed by atoms with van der Waals surface area (Å²) >= 11 is 0. The fraction of sp³-hybridized carbons (Fsp3) is 0.300. The topological polar surface area (TPSA) is 57.7 Å². The molecule has 0 N–H and O–H groups in total. The molecule has 0 spiro atoms. The minimum absolute atomic E-state index is 0.186. The van der Waals surface area contributed by atoms with E-state index in [0.29, 0.717) is 17.2 Å². The zero-order valence-corrected chi connectivity index (χ0v) is 14.2. The first kappa shape index (κ1) is 17.0. The molecule has 130 valence electrons. The molecule has 0 amide bonds. The molecule has 2 aromatic rings. The molecule has 0 bridgehead atoms. The van der Waals surface area contributed by atoms with Crippen LogP contribution < -0.4 is 14.2 Å². The summed E-state index contributed by atoms with van der Waals surface area (Å²) in [7, 11) is 0. The average molecular weight is 339 g/mol. The number of esters is 1. The number of benzene rings is 1. The lowest BCUT2D eigenvalue weighted by molar-refractivity contribution is -0.128. The maximum Gasteiger partial charge on any atom is 0.336 e. The molecule has 0 saturated carbocycles. The largest absolute Gasteiger partial charge is 0.454 e. The van der Waals surface area contributed by atoms with Gasteiger partial charge in [0.1, 0.15) is 0 Å². The van der Waals surface area contributed by atoms with Crippen LogP contribution in [0.15, 0.2) is 48.8 Å². The number of carbonyl (C=O) groups excluding carboxylic acids is 1. The number of carbonyl (C=O) groups is 1. The molecule has 1 aromatic carbocycles. The maximum absolute atomic E-state index is 12.0. The van der Waals surface area contributed by atoms with E-state index in [2.05, 4.69) is 18.0 Å². The second-order valence-corrected chi connectivity index (χ2v) is 5.74. The molecule has 0 saturated heterocycles. The summed E-state index contributed by atoms with van der Waals surface area (Å²) in [5, 5.41) is 1.52. The first-order valence-corrected chi connectivity index (χ1v) is 8.51. The number of hydrogen-bond donors (Lipinski definition) is 0. The Hall–Kier alpha value is -2.82. The van der Waals surface area contributed by atoms with E-state index in [1.165, 1.54) is 31.5 Å². The summed E-state index contributed by atoms with van der Waals surface area (Å²) in [6.45, 7) is 2.36. The summed E-state index contributed by atoms with van der Waals surface area (Å²) in [5.41, 5.74) is 0. The van der Waals surface area contributed by atoms with Crippen molar-refractivity contribution in [2.45, 2.75) is 32.6 Å². The molecule has 1 aliphatic heterocycles. The lowest BCUT2D eigenvalue weighted by Crippen LogP contribution is -2.04. The lowest BCUT2D eigenvalue weighted by atomic mass is 10.1. The van der Waals surface area contributed by atoms with Crippen molar-refractivity contribution >= 4 is 16.7 Å². The van der Waals surface area contributed by atoms with Crippen LogP contribution in [0, 0.1) is 0 Å². The SMILES string of the molecule is CCCCC/C=C/C=C/C(=O)Oc1cncc2c3c(ccc12)OCO3. The Morgan fingerprint density at radius 3 is 3.00 bits per heavy atom. The predicted molar refractivity (Wildman–Crippen MR) is 95.9 cm³/mol. The van der Waals surface area contributed by atoms with E-state index in [1.54, 1.807) is 18.3 Å². The van der Waals surface area contributed by atoms with Crippen molar-refractivity contribution in [1.82, 2.24) is 4.98 Å². The standard InChI is InChI=1S/C20H21NO4/c1-2-3-4-5-6-7-8-9-19(22)25-18-13-21-12-16-15(18)10-11-17-20(16)24-14-23-17/h6-13H,2-5,14H2,1H3/b7-6+,9-8+. The van der Waals surface area contributed by atoms with Crippen molar-refractivity contribution in [1.29, 1.82) is 0 Å². The van der Waals surface area contributed by atoms with E-state index in [-0.39, 0.29) is 6.79 Å². The van der Waals surface area contributed by atoms with Gasteiger partial charge in [0, 0.05) is 23.0 Å². The van der Waals surface area contributed by atoms with Crippen LogP contribution in [-0.2, 0) is 4.79 Å². The van der Waals surface area contributed by atoms with Gasteiger partial charge in [-0.05, 0) is 25.0 Å². The Bertz CT molecular complexity index is 811. The fourth-order valence-corrected chi connectivity index (χ4v) is 2.63.